The van der Waals surface area contributed by atoms with Crippen molar-refractivity contribution in [2.75, 3.05) is 47.9 Å². The molecule has 0 saturated carbocycles. The molecule has 4 heterocycles. The van der Waals surface area contributed by atoms with Gasteiger partial charge in [0.05, 0.1) is 35.9 Å². The van der Waals surface area contributed by atoms with Crippen LogP contribution in [-0.4, -0.2) is 187 Å². The summed E-state index contributed by atoms with van der Waals surface area (Å²) in [6.07, 6.45) is -8.71. The van der Waals surface area contributed by atoms with E-state index >= 15 is 0 Å². The van der Waals surface area contributed by atoms with E-state index < -0.39 is 108 Å². The Morgan fingerprint density at radius 2 is 1.61 bits per heavy atom. The first-order chi connectivity index (χ1) is 33.7. The van der Waals surface area contributed by atoms with E-state index in [0.717, 1.165) is 5.56 Å². The van der Waals surface area contributed by atoms with Gasteiger partial charge in [-0.05, 0) is 125 Å². The molecule has 4 saturated heterocycles. The molecule has 0 unspecified atom stereocenters. The van der Waals surface area contributed by atoms with Gasteiger partial charge in [0.15, 0.2) is 30.4 Å². The Kier molecular flexibility index (Phi) is 20.6. The third kappa shape index (κ3) is 14.5. The van der Waals surface area contributed by atoms with Crippen LogP contribution in [0.25, 0.3) is 0 Å². The first-order valence-corrected chi connectivity index (χ1v) is 25.8. The second kappa shape index (κ2) is 25.1. The molecule has 0 aliphatic carbocycles. The number of amides is 2. The molecule has 1 aromatic carbocycles. The Morgan fingerprint density at radius 1 is 0.931 bits per heavy atom. The van der Waals surface area contributed by atoms with Crippen molar-refractivity contribution >= 4 is 24.1 Å². The van der Waals surface area contributed by atoms with Crippen LogP contribution >= 0.6 is 0 Å². The predicted molar refractivity (Wildman–Crippen MR) is 264 cm³/mol. The molecular formula is C52H86N4O16. The van der Waals surface area contributed by atoms with Crippen molar-refractivity contribution in [2.45, 2.75) is 204 Å². The van der Waals surface area contributed by atoms with Crippen LogP contribution in [0.5, 0.6) is 5.75 Å². The number of cyclic esters (lactones) is 1. The molecule has 0 radical (unpaired) electrons. The van der Waals surface area contributed by atoms with Gasteiger partial charge in [0.25, 0.3) is 0 Å². The second-order valence-corrected chi connectivity index (χ2v) is 21.7. The number of phenols is 1. The molecule has 2 amide bonds. The molecule has 18 atom stereocenters. The van der Waals surface area contributed by atoms with Crippen LogP contribution in [0.2, 0.25) is 0 Å². The standard InChI is InChI=1S/C52H86N4O16/c1-15-38-52(10)44(71-49(62)72-52)33(6)56(13)28-29(2)26-50(8,63)43(69-47-41(59)37(55(11)12)25-30(3)65-47)31(4)42(32(5)46(60)67-38)68-40-27-51(9,64-14)45(34(7)66-40)70-48(61)54-23-16-17-39(58)53-24-22-35-18-20-36(57)21-19-35/h18-21,29-34,37-38,40-45,47,57,59,63H,15-17,22-28H2,1-14H3,(H,53,58)(H,54,61)/t29-,30-,31+,32-,33-,34+,37+,38-,40+,41-,42-,43-,44-,45+,47+,50+,51-,52-/m1/s1. The zero-order chi connectivity index (χ0) is 53.5. The topological polar surface area (TPSA) is 243 Å². The van der Waals surface area contributed by atoms with E-state index in [0.29, 0.717) is 32.4 Å². The minimum atomic E-state index is -1.62. The average Bonchev–Trinajstić information content (AvgIpc) is 3.62. The van der Waals surface area contributed by atoms with E-state index in [-0.39, 0.29) is 61.9 Å². The van der Waals surface area contributed by atoms with Crippen molar-refractivity contribution in [2.24, 2.45) is 17.8 Å². The first-order valence-electron chi connectivity index (χ1n) is 25.8. The lowest BCUT2D eigenvalue weighted by Crippen LogP contribution is -2.61. The van der Waals surface area contributed by atoms with E-state index in [9.17, 15) is 34.5 Å². The lowest BCUT2D eigenvalue weighted by atomic mass is 9.77. The number of hydrogen-bond donors (Lipinski definition) is 5. The fraction of sp³-hybridized carbons (Fsp3) is 0.808. The Morgan fingerprint density at radius 3 is 2.25 bits per heavy atom. The van der Waals surface area contributed by atoms with Crippen LogP contribution in [-0.2, 0) is 58.6 Å². The van der Waals surface area contributed by atoms with Crippen LogP contribution < -0.4 is 10.6 Å². The third-order valence-electron chi connectivity index (χ3n) is 15.4. The largest absolute Gasteiger partial charge is 0.509 e. The molecule has 0 bridgehead atoms. The van der Waals surface area contributed by atoms with Crippen LogP contribution in [0.3, 0.4) is 0 Å². The zero-order valence-corrected chi connectivity index (χ0v) is 45.1. The fourth-order valence-corrected chi connectivity index (χ4v) is 11.2. The highest BCUT2D eigenvalue weighted by molar-refractivity contribution is 5.76. The molecule has 0 spiro atoms. The van der Waals surface area contributed by atoms with Crippen LogP contribution in [0, 0.1) is 17.8 Å². The highest BCUT2D eigenvalue weighted by Crippen LogP contribution is 2.42. The van der Waals surface area contributed by atoms with Gasteiger partial charge in [-0.3, -0.25) is 14.5 Å². The van der Waals surface area contributed by atoms with E-state index in [1.165, 1.54) is 7.11 Å². The molecule has 5 rings (SSSR count). The number of phenolic OH excluding ortho intramolecular Hbond substituents is 1. The number of esters is 1. The molecule has 0 aromatic heterocycles. The number of nitrogens with zero attached hydrogens (tertiary/aromatic N) is 2. The number of methoxy groups -OCH3 is 1. The van der Waals surface area contributed by atoms with Gasteiger partial charge in [-0.2, -0.15) is 0 Å². The molecule has 1 aromatic rings. The maximum Gasteiger partial charge on any atom is 0.509 e. The summed E-state index contributed by atoms with van der Waals surface area (Å²) in [4.78, 5) is 57.3. The Bertz CT molecular complexity index is 1940. The normalized spacial score (nSPS) is 39.4. The molecule has 410 valence electrons. The minimum Gasteiger partial charge on any atom is -0.508 e. The number of fused-ring (bicyclic) bond motifs is 1. The van der Waals surface area contributed by atoms with E-state index in [1.54, 1.807) is 58.9 Å². The summed E-state index contributed by atoms with van der Waals surface area (Å²) in [5, 5.41) is 39.7. The number of aromatic hydroxyl groups is 1. The van der Waals surface area contributed by atoms with Crippen molar-refractivity contribution in [1.82, 2.24) is 20.4 Å². The number of nitrogens with one attached hydrogen (secondary N) is 2. The average molecular weight is 1020 g/mol. The predicted octanol–water partition coefficient (Wildman–Crippen LogP) is 4.66. The summed E-state index contributed by atoms with van der Waals surface area (Å²) in [5.41, 5.74) is -3.18. The van der Waals surface area contributed by atoms with Gasteiger partial charge in [-0.15, -0.1) is 0 Å². The Hall–Kier alpha value is -3.86. The number of carbonyl (C=O) groups excluding carboxylic acids is 4. The van der Waals surface area contributed by atoms with Crippen LogP contribution in [0.4, 0.5) is 9.59 Å². The lowest BCUT2D eigenvalue weighted by molar-refractivity contribution is -0.317. The molecule has 72 heavy (non-hydrogen) atoms. The van der Waals surface area contributed by atoms with Crippen molar-refractivity contribution in [3.05, 3.63) is 29.8 Å². The van der Waals surface area contributed by atoms with Gasteiger partial charge in [0.1, 0.15) is 23.6 Å². The maximum atomic E-state index is 14.7. The Labute approximate surface area is 426 Å². The van der Waals surface area contributed by atoms with E-state index in [2.05, 4.69) is 10.6 Å². The molecule has 4 aliphatic heterocycles. The quantitative estimate of drug-likeness (QED) is 0.0912. The monoisotopic (exact) mass is 1020 g/mol. The number of carbonyl (C=O) groups is 4. The smallest absolute Gasteiger partial charge is 0.508 e. The number of aliphatic hydroxyl groups is 2. The minimum absolute atomic E-state index is 0.0291. The number of ether oxygens (including phenoxy) is 9. The van der Waals surface area contributed by atoms with Gasteiger partial charge in [-0.1, -0.05) is 32.9 Å². The highest BCUT2D eigenvalue weighted by atomic mass is 16.8. The lowest BCUT2D eigenvalue weighted by Gasteiger charge is -2.49. The van der Waals surface area contributed by atoms with E-state index in [4.69, 9.17) is 42.6 Å². The van der Waals surface area contributed by atoms with Gasteiger partial charge in [-0.25, -0.2) is 9.59 Å². The van der Waals surface area contributed by atoms with Crippen LogP contribution in [0.15, 0.2) is 24.3 Å². The zero-order valence-electron chi connectivity index (χ0n) is 45.1. The molecular weight excluding hydrogens is 937 g/mol. The summed E-state index contributed by atoms with van der Waals surface area (Å²) in [7, 11) is 7.15. The van der Waals surface area contributed by atoms with Gasteiger partial charge in [0, 0.05) is 57.6 Å². The third-order valence-corrected chi connectivity index (χ3v) is 15.4. The van der Waals surface area contributed by atoms with Gasteiger partial charge >= 0.3 is 18.2 Å². The number of aliphatic hydroxyl groups excluding tert-OH is 1. The Balaban J connectivity index is 1.38. The second-order valence-electron chi connectivity index (χ2n) is 21.7. The number of benzene rings is 1. The SMILES string of the molecule is CC[C@H]1OC(=O)[C@H](C)[C@H](O[C@H]2C[C@@](C)(OC)[C@@H](OC(=O)NCCCC(=O)NCCc3ccc(O)cc3)[C@H](C)O2)[C@H](C)[C@@H](O[C@@H]2O[C@H](C)C[C@H](N(C)C)[C@H]2O)[C@@](C)(O)C[C@@H](C)CN(C)[C@H](C)[C@H]2OC(=O)O[C@@]21C. The summed E-state index contributed by atoms with van der Waals surface area (Å²) in [5.74, 6) is -2.74. The molecule has 20 nitrogen and oxygen atoms in total. The number of likely N-dealkylation sites (N-methyl/N-ethyl adjacent to an activating group) is 2. The van der Waals surface area contributed by atoms with E-state index in [1.807, 2.05) is 65.6 Å². The van der Waals surface area contributed by atoms with Gasteiger partial charge in [0.2, 0.25) is 5.91 Å². The summed E-state index contributed by atoms with van der Waals surface area (Å²) in [6, 6.07) is 6.07. The number of hydrogen-bond acceptors (Lipinski definition) is 18. The number of rotatable bonds is 15. The summed E-state index contributed by atoms with van der Waals surface area (Å²) < 4.78 is 56.6. The summed E-state index contributed by atoms with van der Waals surface area (Å²) in [6.45, 7) is 19.1. The fourth-order valence-electron chi connectivity index (χ4n) is 11.2. The van der Waals surface area contributed by atoms with Crippen molar-refractivity contribution in [3.63, 3.8) is 0 Å². The van der Waals surface area contributed by atoms with Gasteiger partial charge < -0.3 is 73.5 Å². The molecule has 4 fully saturated rings. The van der Waals surface area contributed by atoms with Crippen molar-refractivity contribution in [3.8, 4) is 5.75 Å². The van der Waals surface area contributed by atoms with Crippen molar-refractivity contribution in [1.29, 1.82) is 0 Å². The molecule has 5 N–H and O–H groups in total. The highest BCUT2D eigenvalue weighted by Gasteiger charge is 2.58. The van der Waals surface area contributed by atoms with Crippen molar-refractivity contribution < 1.29 is 77.1 Å². The van der Waals surface area contributed by atoms with Crippen LogP contribution in [0.1, 0.15) is 113 Å². The molecule has 4 aliphatic rings. The summed E-state index contributed by atoms with van der Waals surface area (Å²) >= 11 is 0. The number of alkyl carbamates (subject to hydrolysis) is 1. The maximum absolute atomic E-state index is 14.7. The first kappa shape index (κ1) is 59.0. The molecule has 20 heteroatoms.